The molecule has 0 saturated carbocycles. The Morgan fingerprint density at radius 3 is 1.82 bits per heavy atom. The van der Waals surface area contributed by atoms with Crippen LogP contribution in [0.25, 0.3) is 0 Å². The third-order valence-electron chi connectivity index (χ3n) is 4.21. The summed E-state index contributed by atoms with van der Waals surface area (Å²) in [7, 11) is 4.63. The van der Waals surface area contributed by atoms with Gasteiger partial charge in [-0.05, 0) is 30.2 Å². The highest BCUT2D eigenvalue weighted by Crippen LogP contribution is 2.26. The highest BCUT2D eigenvalue weighted by Gasteiger charge is 2.25. The Balaban J connectivity index is 2.14. The minimum absolute atomic E-state index is 0.116. The fourth-order valence-corrected chi connectivity index (χ4v) is 2.60. The molecule has 0 spiro atoms. The molecule has 2 amide bonds. The van der Waals surface area contributed by atoms with Crippen LogP contribution < -0.4 is 24.8 Å². The number of nitrogens with one attached hydrogen (secondary N) is 2. The maximum Gasteiger partial charge on any atom is 0.251 e. The number of hydrogen-bond acceptors (Lipinski definition) is 5. The molecule has 150 valence electrons. The van der Waals surface area contributed by atoms with Crippen LogP contribution in [0.3, 0.4) is 0 Å². The molecule has 0 saturated heterocycles. The van der Waals surface area contributed by atoms with E-state index in [1.54, 1.807) is 49.6 Å². The second-order valence-corrected chi connectivity index (χ2v) is 6.51. The van der Waals surface area contributed by atoms with Crippen LogP contribution >= 0.6 is 0 Å². The standard InChI is InChI=1S/C21H26N2O5/c1-13(2)19(23-20(24)14-6-8-16(26-3)9-7-14)21(25)22-15-10-17(27-4)12-18(11-15)28-5/h6-13,19H,1-5H3,(H,22,25)(H,23,24)/t19-/m0/s1. The van der Waals surface area contributed by atoms with Crippen LogP contribution in [0.2, 0.25) is 0 Å². The molecule has 2 rings (SSSR count). The van der Waals surface area contributed by atoms with Gasteiger partial charge in [0, 0.05) is 29.4 Å². The highest BCUT2D eigenvalue weighted by molar-refractivity contribution is 6.01. The van der Waals surface area contributed by atoms with Crippen LogP contribution in [0.15, 0.2) is 42.5 Å². The normalized spacial score (nSPS) is 11.5. The van der Waals surface area contributed by atoms with Crippen LogP contribution in [-0.2, 0) is 4.79 Å². The first-order valence-corrected chi connectivity index (χ1v) is 8.86. The van der Waals surface area contributed by atoms with Gasteiger partial charge in [0.15, 0.2) is 0 Å². The summed E-state index contributed by atoms with van der Waals surface area (Å²) < 4.78 is 15.5. The van der Waals surface area contributed by atoms with Crippen molar-refractivity contribution in [3.63, 3.8) is 0 Å². The lowest BCUT2D eigenvalue weighted by Crippen LogP contribution is -2.47. The molecular weight excluding hydrogens is 360 g/mol. The van der Waals surface area contributed by atoms with Crippen LogP contribution in [0, 0.1) is 5.92 Å². The summed E-state index contributed by atoms with van der Waals surface area (Å²) in [5.74, 6) is 0.985. The van der Waals surface area contributed by atoms with Crippen LogP contribution in [0.5, 0.6) is 17.2 Å². The lowest BCUT2D eigenvalue weighted by Gasteiger charge is -2.22. The summed E-state index contributed by atoms with van der Waals surface area (Å²) in [6, 6.07) is 11.1. The van der Waals surface area contributed by atoms with E-state index in [9.17, 15) is 9.59 Å². The SMILES string of the molecule is COc1ccc(C(=O)N[C@H](C(=O)Nc2cc(OC)cc(OC)c2)C(C)C)cc1. The zero-order chi connectivity index (χ0) is 20.7. The Kier molecular flexibility index (Phi) is 7.26. The predicted molar refractivity (Wildman–Crippen MR) is 107 cm³/mol. The monoisotopic (exact) mass is 386 g/mol. The van der Waals surface area contributed by atoms with E-state index in [0.29, 0.717) is 28.5 Å². The first-order chi connectivity index (χ1) is 13.4. The van der Waals surface area contributed by atoms with Gasteiger partial charge >= 0.3 is 0 Å². The average Bonchev–Trinajstić information content (AvgIpc) is 2.71. The number of ether oxygens (including phenoxy) is 3. The topological polar surface area (TPSA) is 85.9 Å². The van der Waals surface area contributed by atoms with Crippen LogP contribution in [-0.4, -0.2) is 39.2 Å². The van der Waals surface area contributed by atoms with Gasteiger partial charge in [0.2, 0.25) is 5.91 Å². The molecule has 0 radical (unpaired) electrons. The summed E-state index contributed by atoms with van der Waals surface area (Å²) >= 11 is 0. The van der Waals surface area contributed by atoms with Gasteiger partial charge in [-0.15, -0.1) is 0 Å². The van der Waals surface area contributed by atoms with Crippen molar-refractivity contribution in [2.75, 3.05) is 26.6 Å². The molecule has 2 aromatic rings. The lowest BCUT2D eigenvalue weighted by atomic mass is 10.0. The minimum Gasteiger partial charge on any atom is -0.497 e. The van der Waals surface area contributed by atoms with Crippen molar-refractivity contribution in [3.8, 4) is 17.2 Å². The van der Waals surface area contributed by atoms with Crippen molar-refractivity contribution in [3.05, 3.63) is 48.0 Å². The fraction of sp³-hybridized carbons (Fsp3) is 0.333. The Labute approximate surface area is 165 Å². The molecule has 1 atom stereocenters. The van der Waals surface area contributed by atoms with Gasteiger partial charge in [-0.3, -0.25) is 9.59 Å². The summed E-state index contributed by atoms with van der Waals surface area (Å²) in [6.07, 6.45) is 0. The molecule has 2 aromatic carbocycles. The molecule has 0 heterocycles. The van der Waals surface area contributed by atoms with Crippen molar-refractivity contribution in [1.82, 2.24) is 5.32 Å². The molecule has 7 nitrogen and oxygen atoms in total. The van der Waals surface area contributed by atoms with Gasteiger partial charge in [0.1, 0.15) is 23.3 Å². The van der Waals surface area contributed by atoms with Gasteiger partial charge in [-0.25, -0.2) is 0 Å². The zero-order valence-electron chi connectivity index (χ0n) is 16.7. The number of methoxy groups -OCH3 is 3. The number of anilines is 1. The van der Waals surface area contributed by atoms with E-state index < -0.39 is 6.04 Å². The Morgan fingerprint density at radius 2 is 1.36 bits per heavy atom. The zero-order valence-corrected chi connectivity index (χ0v) is 16.7. The molecule has 0 aliphatic rings. The first-order valence-electron chi connectivity index (χ1n) is 8.86. The Morgan fingerprint density at radius 1 is 0.821 bits per heavy atom. The molecule has 0 aromatic heterocycles. The molecule has 0 aliphatic carbocycles. The van der Waals surface area contributed by atoms with Crippen molar-refractivity contribution in [2.45, 2.75) is 19.9 Å². The second-order valence-electron chi connectivity index (χ2n) is 6.51. The van der Waals surface area contributed by atoms with Gasteiger partial charge in [-0.1, -0.05) is 13.8 Å². The third kappa shape index (κ3) is 5.39. The van der Waals surface area contributed by atoms with Crippen LogP contribution in [0.1, 0.15) is 24.2 Å². The average molecular weight is 386 g/mol. The summed E-state index contributed by atoms with van der Waals surface area (Å²) in [5.41, 5.74) is 0.966. The van der Waals surface area contributed by atoms with Crippen molar-refractivity contribution >= 4 is 17.5 Å². The van der Waals surface area contributed by atoms with E-state index in [-0.39, 0.29) is 17.7 Å². The van der Waals surface area contributed by atoms with Crippen molar-refractivity contribution in [1.29, 1.82) is 0 Å². The summed E-state index contributed by atoms with van der Waals surface area (Å²) in [6.45, 7) is 3.73. The summed E-state index contributed by atoms with van der Waals surface area (Å²) in [4.78, 5) is 25.3. The molecule has 28 heavy (non-hydrogen) atoms. The van der Waals surface area contributed by atoms with Gasteiger partial charge in [0.25, 0.3) is 5.91 Å². The number of benzene rings is 2. The number of carbonyl (C=O) groups excluding carboxylic acids is 2. The number of carbonyl (C=O) groups is 2. The molecule has 2 N–H and O–H groups in total. The smallest absolute Gasteiger partial charge is 0.251 e. The molecule has 0 fully saturated rings. The maximum absolute atomic E-state index is 12.8. The van der Waals surface area contributed by atoms with Crippen molar-refractivity contribution in [2.24, 2.45) is 5.92 Å². The van der Waals surface area contributed by atoms with Crippen LogP contribution in [0.4, 0.5) is 5.69 Å². The highest BCUT2D eigenvalue weighted by atomic mass is 16.5. The number of rotatable bonds is 8. The fourth-order valence-electron chi connectivity index (χ4n) is 2.60. The second kappa shape index (κ2) is 9.64. The molecule has 7 heteroatoms. The van der Waals surface area contributed by atoms with Crippen molar-refractivity contribution < 1.29 is 23.8 Å². The lowest BCUT2D eigenvalue weighted by molar-refractivity contribution is -0.118. The maximum atomic E-state index is 12.8. The molecule has 0 aliphatic heterocycles. The van der Waals surface area contributed by atoms with E-state index in [1.807, 2.05) is 13.8 Å². The van der Waals surface area contributed by atoms with E-state index >= 15 is 0 Å². The van der Waals surface area contributed by atoms with E-state index in [4.69, 9.17) is 14.2 Å². The predicted octanol–water partition coefficient (Wildman–Crippen LogP) is 3.11. The van der Waals surface area contributed by atoms with Gasteiger partial charge < -0.3 is 24.8 Å². The molecular formula is C21H26N2O5. The first kappa shape index (κ1) is 21.1. The minimum atomic E-state index is -0.716. The Bertz CT molecular complexity index is 796. The molecule has 0 bridgehead atoms. The van der Waals surface area contributed by atoms with Gasteiger partial charge in [-0.2, -0.15) is 0 Å². The quantitative estimate of drug-likeness (QED) is 0.728. The van der Waals surface area contributed by atoms with Gasteiger partial charge in [0.05, 0.1) is 21.3 Å². The third-order valence-corrected chi connectivity index (χ3v) is 4.21. The van der Waals surface area contributed by atoms with E-state index in [0.717, 1.165) is 0 Å². The number of hydrogen-bond donors (Lipinski definition) is 2. The largest absolute Gasteiger partial charge is 0.497 e. The molecule has 0 unspecified atom stereocenters. The summed E-state index contributed by atoms with van der Waals surface area (Å²) in [5, 5.41) is 5.61. The van der Waals surface area contributed by atoms with E-state index in [2.05, 4.69) is 10.6 Å². The number of amides is 2. The van der Waals surface area contributed by atoms with E-state index in [1.165, 1.54) is 14.2 Å². The Hall–Kier alpha value is -3.22.